The Balaban J connectivity index is 0.000000350. The van der Waals surface area contributed by atoms with Crippen LogP contribution in [0.25, 0.3) is 0 Å². The number of nitrogens with zero attached hydrogens (tertiary/aromatic N) is 5. The van der Waals surface area contributed by atoms with Gasteiger partial charge in [-0.15, -0.1) is 0 Å². The van der Waals surface area contributed by atoms with E-state index in [2.05, 4.69) is 9.97 Å². The van der Waals surface area contributed by atoms with E-state index in [0.29, 0.717) is 6.54 Å². The highest BCUT2D eigenvalue weighted by Crippen LogP contribution is 1.89. The fraction of sp³-hybridized carbons (Fsp3) is 0.647. The first kappa shape index (κ1) is 23.3. The summed E-state index contributed by atoms with van der Waals surface area (Å²) in [6.07, 6.45) is 11.3. The van der Waals surface area contributed by atoms with Crippen LogP contribution in [-0.4, -0.2) is 73.6 Å². The molecular formula is C17H34N6O2. The molecule has 0 spiro atoms. The van der Waals surface area contributed by atoms with Crippen LogP contribution < -0.4 is 5.73 Å². The second-order valence-electron chi connectivity index (χ2n) is 6.16. The van der Waals surface area contributed by atoms with Gasteiger partial charge < -0.3 is 30.0 Å². The summed E-state index contributed by atoms with van der Waals surface area (Å²) >= 11 is 0. The second-order valence-corrected chi connectivity index (χ2v) is 6.16. The average Bonchev–Trinajstić information content (AvgIpc) is 3.17. The summed E-state index contributed by atoms with van der Waals surface area (Å²) in [5.74, 6) is 0. The van der Waals surface area contributed by atoms with Crippen molar-refractivity contribution in [3.8, 4) is 0 Å². The Bertz CT molecular complexity index is 477. The van der Waals surface area contributed by atoms with Crippen LogP contribution in [0.2, 0.25) is 0 Å². The van der Waals surface area contributed by atoms with Crippen molar-refractivity contribution in [2.75, 3.05) is 27.2 Å². The van der Waals surface area contributed by atoms with Crippen LogP contribution in [0.1, 0.15) is 20.3 Å². The van der Waals surface area contributed by atoms with E-state index >= 15 is 0 Å². The summed E-state index contributed by atoms with van der Waals surface area (Å²) < 4.78 is 3.86. The summed E-state index contributed by atoms with van der Waals surface area (Å²) in [7, 11) is 3.87. The molecule has 2 heterocycles. The molecule has 0 radical (unpaired) electrons. The highest BCUT2D eigenvalue weighted by atomic mass is 16.3. The normalized spacial score (nSPS) is 12.6. The Morgan fingerprint density at radius 2 is 1.56 bits per heavy atom. The molecule has 0 saturated heterocycles. The zero-order valence-electron chi connectivity index (χ0n) is 15.9. The molecule has 8 heteroatoms. The van der Waals surface area contributed by atoms with Gasteiger partial charge in [0.15, 0.2) is 0 Å². The average molecular weight is 354 g/mol. The Hall–Kier alpha value is -1.74. The number of imidazole rings is 2. The van der Waals surface area contributed by atoms with E-state index in [1.165, 1.54) is 0 Å². The Morgan fingerprint density at radius 3 is 1.88 bits per heavy atom. The molecule has 2 atom stereocenters. The Kier molecular flexibility index (Phi) is 13.6. The summed E-state index contributed by atoms with van der Waals surface area (Å²) in [6, 6.07) is 0. The van der Waals surface area contributed by atoms with Crippen LogP contribution in [-0.2, 0) is 13.1 Å². The van der Waals surface area contributed by atoms with Gasteiger partial charge in [0, 0.05) is 44.4 Å². The maximum absolute atomic E-state index is 8.88. The zero-order chi connectivity index (χ0) is 19.1. The molecule has 0 aromatic carbocycles. The van der Waals surface area contributed by atoms with Crippen LogP contribution in [0.4, 0.5) is 0 Å². The zero-order valence-corrected chi connectivity index (χ0v) is 15.9. The molecule has 0 bridgehead atoms. The van der Waals surface area contributed by atoms with Gasteiger partial charge in [0.25, 0.3) is 0 Å². The van der Waals surface area contributed by atoms with E-state index in [-0.39, 0.29) is 12.2 Å². The molecule has 2 aromatic rings. The number of hydrogen-bond donors (Lipinski definition) is 3. The van der Waals surface area contributed by atoms with E-state index in [1.807, 2.05) is 40.5 Å². The first-order valence-electron chi connectivity index (χ1n) is 8.47. The molecule has 4 N–H and O–H groups in total. The molecule has 0 amide bonds. The number of likely N-dealkylation sites (N-methyl/N-ethyl adjacent to an activating group) is 1. The number of aryl methyl sites for hydroxylation is 1. The third-order valence-electron chi connectivity index (χ3n) is 2.84. The maximum atomic E-state index is 8.88. The molecule has 0 aliphatic rings. The molecule has 2 rings (SSSR count). The molecule has 2 aromatic heterocycles. The quantitative estimate of drug-likeness (QED) is 0.666. The van der Waals surface area contributed by atoms with E-state index in [4.69, 9.17) is 15.9 Å². The van der Waals surface area contributed by atoms with E-state index in [1.54, 1.807) is 38.9 Å². The standard InChI is InChI=1S/C6H11N3.C6H10N2O.C5H13NO/c7-2-1-4-9-5-3-8-6-9;1-6(9)4-8-3-2-7-5-8;1-5(7)4-6(2)3/h3,5-6H,1-2,4,7H2;2-3,5-6,9H,4H2,1H3;5,7H,4H2,1-3H3. The smallest absolute Gasteiger partial charge is 0.0946 e. The molecule has 25 heavy (non-hydrogen) atoms. The lowest BCUT2D eigenvalue weighted by Gasteiger charge is -2.10. The van der Waals surface area contributed by atoms with E-state index in [0.717, 1.165) is 26.1 Å². The fourth-order valence-electron chi connectivity index (χ4n) is 1.92. The summed E-state index contributed by atoms with van der Waals surface area (Å²) in [5, 5.41) is 17.6. The van der Waals surface area contributed by atoms with Gasteiger partial charge in [-0.3, -0.25) is 0 Å². The highest BCUT2D eigenvalue weighted by Gasteiger charge is 1.94. The minimum absolute atomic E-state index is 0.199. The van der Waals surface area contributed by atoms with Crippen molar-refractivity contribution in [2.45, 2.75) is 45.6 Å². The van der Waals surface area contributed by atoms with Gasteiger partial charge >= 0.3 is 0 Å². The minimum atomic E-state index is -0.292. The number of aliphatic hydroxyl groups excluding tert-OH is 2. The van der Waals surface area contributed by atoms with Crippen molar-refractivity contribution in [1.29, 1.82) is 0 Å². The van der Waals surface area contributed by atoms with Crippen LogP contribution in [0.15, 0.2) is 37.4 Å². The predicted molar refractivity (Wildman–Crippen MR) is 100 cm³/mol. The number of aromatic nitrogens is 4. The predicted octanol–water partition coefficient (Wildman–Crippen LogP) is 0.425. The Morgan fingerprint density at radius 1 is 1.00 bits per heavy atom. The van der Waals surface area contributed by atoms with Crippen molar-refractivity contribution in [3.05, 3.63) is 37.4 Å². The number of nitrogens with two attached hydrogens (primary N) is 1. The molecule has 144 valence electrons. The summed E-state index contributed by atoms with van der Waals surface area (Å²) in [4.78, 5) is 9.67. The van der Waals surface area contributed by atoms with Crippen molar-refractivity contribution < 1.29 is 10.2 Å². The van der Waals surface area contributed by atoms with Gasteiger partial charge in [-0.05, 0) is 40.9 Å². The molecule has 0 saturated carbocycles. The first-order valence-corrected chi connectivity index (χ1v) is 8.47. The molecule has 0 aliphatic heterocycles. The maximum Gasteiger partial charge on any atom is 0.0946 e. The van der Waals surface area contributed by atoms with Gasteiger partial charge in [-0.25, -0.2) is 9.97 Å². The van der Waals surface area contributed by atoms with Gasteiger partial charge in [0.1, 0.15) is 0 Å². The number of hydrogen-bond acceptors (Lipinski definition) is 6. The summed E-state index contributed by atoms with van der Waals surface area (Å²) in [5.41, 5.74) is 5.31. The molecule has 0 aliphatic carbocycles. The van der Waals surface area contributed by atoms with E-state index < -0.39 is 0 Å². The lowest BCUT2D eigenvalue weighted by molar-refractivity contribution is 0.154. The summed E-state index contributed by atoms with van der Waals surface area (Å²) in [6.45, 7) is 6.63. The molecule has 8 nitrogen and oxygen atoms in total. The fourth-order valence-corrected chi connectivity index (χ4v) is 1.92. The molecule has 0 fully saturated rings. The third kappa shape index (κ3) is 15.5. The van der Waals surface area contributed by atoms with Gasteiger partial charge in [0.2, 0.25) is 0 Å². The van der Waals surface area contributed by atoms with E-state index in [9.17, 15) is 0 Å². The van der Waals surface area contributed by atoms with Gasteiger partial charge in [-0.1, -0.05) is 0 Å². The van der Waals surface area contributed by atoms with Crippen molar-refractivity contribution in [2.24, 2.45) is 5.73 Å². The number of aliphatic hydroxyl groups is 2. The molecule has 2 unspecified atom stereocenters. The molecular weight excluding hydrogens is 320 g/mol. The highest BCUT2D eigenvalue weighted by molar-refractivity contribution is 4.74. The third-order valence-corrected chi connectivity index (χ3v) is 2.84. The lowest BCUT2D eigenvalue weighted by Crippen LogP contribution is -2.22. The van der Waals surface area contributed by atoms with Crippen molar-refractivity contribution in [1.82, 2.24) is 24.0 Å². The Labute approximate surface area is 150 Å². The minimum Gasteiger partial charge on any atom is -0.392 e. The van der Waals surface area contributed by atoms with Crippen molar-refractivity contribution >= 4 is 0 Å². The van der Waals surface area contributed by atoms with Crippen LogP contribution >= 0.6 is 0 Å². The largest absolute Gasteiger partial charge is 0.392 e. The topological polar surface area (TPSA) is 105 Å². The van der Waals surface area contributed by atoms with Crippen LogP contribution in [0, 0.1) is 0 Å². The SMILES string of the molecule is CC(O)CN(C)C.CC(O)Cn1ccnc1.NCCCn1ccnc1. The van der Waals surface area contributed by atoms with Crippen molar-refractivity contribution in [3.63, 3.8) is 0 Å². The van der Waals surface area contributed by atoms with Crippen LogP contribution in [0.5, 0.6) is 0 Å². The van der Waals surface area contributed by atoms with Gasteiger partial charge in [-0.2, -0.15) is 0 Å². The monoisotopic (exact) mass is 354 g/mol. The van der Waals surface area contributed by atoms with Gasteiger partial charge in [0.05, 0.1) is 24.9 Å². The second kappa shape index (κ2) is 14.6. The first-order chi connectivity index (χ1) is 11.8. The number of rotatable bonds is 7. The lowest BCUT2D eigenvalue weighted by atomic mass is 10.4. The van der Waals surface area contributed by atoms with Crippen LogP contribution in [0.3, 0.4) is 0 Å².